The number of methoxy groups -OCH3 is 1. The SMILES string of the molecule is CC[C@H](C(=O)Nc1cccc(C(=O)OC)c1)N(c1ccc(C)c(Cl)c1)S(C)(=O)=O. The summed E-state index contributed by atoms with van der Waals surface area (Å²) in [6, 6.07) is 10.0. The number of hydrogen-bond donors (Lipinski definition) is 1. The molecule has 1 amide bonds. The predicted molar refractivity (Wildman–Crippen MR) is 114 cm³/mol. The van der Waals surface area contributed by atoms with Gasteiger partial charge >= 0.3 is 5.97 Å². The number of nitrogens with one attached hydrogen (secondary N) is 1. The minimum Gasteiger partial charge on any atom is -0.465 e. The largest absolute Gasteiger partial charge is 0.465 e. The first kappa shape index (κ1) is 22.7. The normalized spacial score (nSPS) is 12.2. The first-order chi connectivity index (χ1) is 13.6. The number of ether oxygens (including phenoxy) is 1. The smallest absolute Gasteiger partial charge is 0.337 e. The Balaban J connectivity index is 2.38. The van der Waals surface area contributed by atoms with Crippen molar-refractivity contribution in [3.63, 3.8) is 0 Å². The van der Waals surface area contributed by atoms with Gasteiger partial charge in [-0.25, -0.2) is 13.2 Å². The summed E-state index contributed by atoms with van der Waals surface area (Å²) in [5.41, 5.74) is 1.71. The van der Waals surface area contributed by atoms with Crippen LogP contribution in [0.2, 0.25) is 5.02 Å². The van der Waals surface area contributed by atoms with Gasteiger partial charge in [-0.2, -0.15) is 0 Å². The van der Waals surface area contributed by atoms with E-state index in [9.17, 15) is 18.0 Å². The molecular formula is C20H23ClN2O5S. The van der Waals surface area contributed by atoms with Crippen LogP contribution < -0.4 is 9.62 Å². The molecule has 156 valence electrons. The molecule has 0 saturated heterocycles. The number of nitrogens with zero attached hydrogens (tertiary/aromatic N) is 1. The maximum atomic E-state index is 12.9. The molecule has 0 saturated carbocycles. The van der Waals surface area contributed by atoms with Crippen LogP contribution in [0.5, 0.6) is 0 Å². The lowest BCUT2D eigenvalue weighted by molar-refractivity contribution is -0.117. The second kappa shape index (κ2) is 9.28. The fourth-order valence-corrected chi connectivity index (χ4v) is 4.22. The number of amides is 1. The molecule has 0 fully saturated rings. The molecule has 0 bridgehead atoms. The predicted octanol–water partition coefficient (Wildman–Crippen LogP) is 3.62. The quantitative estimate of drug-likeness (QED) is 0.666. The molecule has 2 aromatic carbocycles. The van der Waals surface area contributed by atoms with Gasteiger partial charge in [0.1, 0.15) is 6.04 Å². The summed E-state index contributed by atoms with van der Waals surface area (Å²) in [6.45, 7) is 3.51. The first-order valence-electron chi connectivity index (χ1n) is 8.83. The highest BCUT2D eigenvalue weighted by Gasteiger charge is 2.32. The number of hydrogen-bond acceptors (Lipinski definition) is 5. The summed E-state index contributed by atoms with van der Waals surface area (Å²) in [4.78, 5) is 24.6. The summed E-state index contributed by atoms with van der Waals surface area (Å²) in [7, 11) is -2.52. The molecule has 0 aliphatic heterocycles. The van der Waals surface area contributed by atoms with Crippen LogP contribution >= 0.6 is 11.6 Å². The highest BCUT2D eigenvalue weighted by molar-refractivity contribution is 7.92. The lowest BCUT2D eigenvalue weighted by Gasteiger charge is -2.30. The summed E-state index contributed by atoms with van der Waals surface area (Å²) in [6.07, 6.45) is 1.26. The molecule has 0 spiro atoms. The van der Waals surface area contributed by atoms with Gasteiger partial charge < -0.3 is 10.1 Å². The number of rotatable bonds is 7. The van der Waals surface area contributed by atoms with Crippen LogP contribution in [0.3, 0.4) is 0 Å². The number of carbonyl (C=O) groups excluding carboxylic acids is 2. The van der Waals surface area contributed by atoms with E-state index in [1.807, 2.05) is 0 Å². The van der Waals surface area contributed by atoms with Gasteiger partial charge in [-0.15, -0.1) is 0 Å². The van der Waals surface area contributed by atoms with Crippen LogP contribution in [-0.4, -0.2) is 39.7 Å². The molecule has 0 aromatic heterocycles. The molecule has 7 nitrogen and oxygen atoms in total. The number of aryl methyl sites for hydroxylation is 1. The van der Waals surface area contributed by atoms with Crippen molar-refractivity contribution in [2.24, 2.45) is 0 Å². The standard InChI is InChI=1S/C20H23ClN2O5S/c1-5-18(19(24)22-15-8-6-7-14(11-15)20(25)28-3)23(29(4,26)27)16-10-9-13(2)17(21)12-16/h6-12,18H,5H2,1-4H3,(H,22,24)/t18-/m1/s1. The zero-order chi connectivity index (χ0) is 21.8. The van der Waals surface area contributed by atoms with Gasteiger partial charge in [0.15, 0.2) is 0 Å². The van der Waals surface area contributed by atoms with Crippen molar-refractivity contribution in [3.8, 4) is 0 Å². The molecule has 0 aliphatic carbocycles. The Labute approximate surface area is 175 Å². The molecule has 0 heterocycles. The Bertz CT molecular complexity index is 1020. The van der Waals surface area contributed by atoms with Gasteiger partial charge in [-0.3, -0.25) is 9.10 Å². The first-order valence-corrected chi connectivity index (χ1v) is 11.1. The van der Waals surface area contributed by atoms with Crippen molar-refractivity contribution in [1.82, 2.24) is 0 Å². The van der Waals surface area contributed by atoms with Gasteiger partial charge in [0.05, 0.1) is 24.6 Å². The summed E-state index contributed by atoms with van der Waals surface area (Å²) in [5, 5.41) is 3.07. The average molecular weight is 439 g/mol. The van der Waals surface area contributed by atoms with E-state index in [1.165, 1.54) is 19.2 Å². The average Bonchev–Trinajstić information content (AvgIpc) is 2.66. The van der Waals surface area contributed by atoms with Gasteiger partial charge in [0.25, 0.3) is 0 Å². The minimum atomic E-state index is -3.78. The van der Waals surface area contributed by atoms with Crippen molar-refractivity contribution in [3.05, 3.63) is 58.6 Å². The molecule has 1 atom stereocenters. The third kappa shape index (κ3) is 5.48. The van der Waals surface area contributed by atoms with Gasteiger partial charge in [0.2, 0.25) is 15.9 Å². The Kier molecular flexibility index (Phi) is 7.26. The topological polar surface area (TPSA) is 92.8 Å². The summed E-state index contributed by atoms with van der Waals surface area (Å²) in [5.74, 6) is -1.07. The molecule has 2 rings (SSSR count). The summed E-state index contributed by atoms with van der Waals surface area (Å²) >= 11 is 6.16. The number of anilines is 2. The van der Waals surface area contributed by atoms with Crippen molar-refractivity contribution < 1.29 is 22.7 Å². The van der Waals surface area contributed by atoms with Crippen LogP contribution in [-0.2, 0) is 19.6 Å². The van der Waals surface area contributed by atoms with E-state index in [2.05, 4.69) is 10.1 Å². The monoisotopic (exact) mass is 438 g/mol. The number of carbonyl (C=O) groups is 2. The lowest BCUT2D eigenvalue weighted by atomic mass is 10.1. The number of sulfonamides is 1. The van der Waals surface area contributed by atoms with E-state index in [1.54, 1.807) is 44.2 Å². The van der Waals surface area contributed by atoms with E-state index in [-0.39, 0.29) is 12.0 Å². The molecule has 0 radical (unpaired) electrons. The number of esters is 1. The fraction of sp³-hybridized carbons (Fsp3) is 0.300. The van der Waals surface area contributed by atoms with Gasteiger partial charge in [-0.1, -0.05) is 30.7 Å². The molecular weight excluding hydrogens is 416 g/mol. The Hall–Kier alpha value is -2.58. The van der Waals surface area contributed by atoms with Crippen LogP contribution in [0, 0.1) is 6.92 Å². The van der Waals surface area contributed by atoms with Crippen LogP contribution in [0.1, 0.15) is 29.3 Å². The molecule has 1 N–H and O–H groups in total. The van der Waals surface area contributed by atoms with Crippen molar-refractivity contribution in [2.45, 2.75) is 26.3 Å². The van der Waals surface area contributed by atoms with E-state index in [0.29, 0.717) is 16.4 Å². The van der Waals surface area contributed by atoms with Crippen molar-refractivity contribution in [2.75, 3.05) is 23.0 Å². The van der Waals surface area contributed by atoms with E-state index in [4.69, 9.17) is 11.6 Å². The van der Waals surface area contributed by atoms with Gasteiger partial charge in [-0.05, 0) is 49.2 Å². The second-order valence-electron chi connectivity index (χ2n) is 6.48. The van der Waals surface area contributed by atoms with Crippen molar-refractivity contribution >= 4 is 44.9 Å². The molecule has 2 aromatic rings. The van der Waals surface area contributed by atoms with Crippen LogP contribution in [0.4, 0.5) is 11.4 Å². The van der Waals surface area contributed by atoms with E-state index < -0.39 is 27.9 Å². The highest BCUT2D eigenvalue weighted by Crippen LogP contribution is 2.28. The summed E-state index contributed by atoms with van der Waals surface area (Å²) < 4.78 is 30.7. The third-order valence-electron chi connectivity index (χ3n) is 4.29. The minimum absolute atomic E-state index is 0.223. The Morgan fingerprint density at radius 3 is 2.45 bits per heavy atom. The zero-order valence-corrected chi connectivity index (χ0v) is 18.2. The van der Waals surface area contributed by atoms with Crippen LogP contribution in [0.25, 0.3) is 0 Å². The number of benzene rings is 2. The maximum absolute atomic E-state index is 12.9. The van der Waals surface area contributed by atoms with Crippen molar-refractivity contribution in [1.29, 1.82) is 0 Å². The third-order valence-corrected chi connectivity index (χ3v) is 5.88. The Morgan fingerprint density at radius 2 is 1.90 bits per heavy atom. The fourth-order valence-electron chi connectivity index (χ4n) is 2.85. The molecule has 0 unspecified atom stereocenters. The van der Waals surface area contributed by atoms with Gasteiger partial charge in [0, 0.05) is 10.7 Å². The Morgan fingerprint density at radius 1 is 1.21 bits per heavy atom. The van der Waals surface area contributed by atoms with E-state index in [0.717, 1.165) is 16.1 Å². The lowest BCUT2D eigenvalue weighted by Crippen LogP contribution is -2.47. The van der Waals surface area contributed by atoms with Crippen LogP contribution in [0.15, 0.2) is 42.5 Å². The maximum Gasteiger partial charge on any atom is 0.337 e. The van der Waals surface area contributed by atoms with E-state index >= 15 is 0 Å². The second-order valence-corrected chi connectivity index (χ2v) is 8.74. The number of halogens is 1. The molecule has 29 heavy (non-hydrogen) atoms. The highest BCUT2D eigenvalue weighted by atomic mass is 35.5. The molecule has 9 heteroatoms. The zero-order valence-electron chi connectivity index (χ0n) is 16.6. The molecule has 0 aliphatic rings.